The molecule has 1 nitrogen and oxygen atoms in total. The third kappa shape index (κ3) is 4.87. The predicted octanol–water partition coefficient (Wildman–Crippen LogP) is 7.62. The summed E-state index contributed by atoms with van der Waals surface area (Å²) in [6.07, 6.45) is 6.26. The van der Waals surface area contributed by atoms with Crippen molar-refractivity contribution >= 4 is 7.85 Å². The van der Waals surface area contributed by atoms with Crippen LogP contribution in [0, 0.1) is 29.2 Å². The number of hydrogen-bond acceptors (Lipinski definition) is 1. The first-order valence-corrected chi connectivity index (χ1v) is 12.1. The number of halogens is 4. The van der Waals surface area contributed by atoms with Gasteiger partial charge in [-0.2, -0.15) is 4.39 Å². The van der Waals surface area contributed by atoms with Crippen LogP contribution in [0.1, 0.15) is 56.9 Å². The largest absolute Gasteiger partial charge is 0.500 e. The summed E-state index contributed by atoms with van der Waals surface area (Å²) in [5.74, 6) is -3.08. The minimum Gasteiger partial charge on any atom is -0.500 e. The highest BCUT2D eigenvalue weighted by Gasteiger charge is 2.26. The van der Waals surface area contributed by atoms with Gasteiger partial charge in [-0.1, -0.05) is 56.2 Å². The van der Waals surface area contributed by atoms with Gasteiger partial charge in [0.15, 0.2) is 31.0 Å². The van der Waals surface area contributed by atoms with Gasteiger partial charge in [0.05, 0.1) is 6.51 Å². The van der Waals surface area contributed by atoms with Gasteiger partial charge >= 0.3 is 0 Å². The zero-order valence-electron chi connectivity index (χ0n) is 19.6. The maximum atomic E-state index is 15.1. The molecule has 0 N–H and O–H groups in total. The molecular formula is C28H29BF4O. The standard InChI is InChI=1S/C28H29BF4O/c1-2-3-17-4-6-18(7-5-17)21-12-13-22(26(31)25(21)30)19-8-10-20(11-9-19)23-14-15-24(34-16-29)28(33)27(23)32/h8-15,17-18H,2-7,16,29H2,1H3. The Labute approximate surface area is 199 Å². The molecule has 0 aliphatic heterocycles. The summed E-state index contributed by atoms with van der Waals surface area (Å²) < 4.78 is 64.0. The van der Waals surface area contributed by atoms with E-state index in [9.17, 15) is 8.78 Å². The summed E-state index contributed by atoms with van der Waals surface area (Å²) in [6.45, 7) is 2.41. The van der Waals surface area contributed by atoms with Crippen molar-refractivity contribution in [2.24, 2.45) is 5.92 Å². The first-order valence-electron chi connectivity index (χ1n) is 12.1. The van der Waals surface area contributed by atoms with Gasteiger partial charge in [-0.3, -0.25) is 0 Å². The summed E-state index contributed by atoms with van der Waals surface area (Å²) >= 11 is 0. The Hall–Kier alpha value is -2.76. The number of benzene rings is 3. The second kappa shape index (κ2) is 10.7. The number of rotatable bonds is 7. The van der Waals surface area contributed by atoms with E-state index in [1.165, 1.54) is 18.6 Å². The molecule has 178 valence electrons. The SMILES string of the molecule is BCOc1ccc(-c2ccc(-c3ccc(C4CCC(CCC)CC4)c(F)c3F)cc2)c(F)c1F. The van der Waals surface area contributed by atoms with Crippen molar-refractivity contribution in [3.8, 4) is 28.0 Å². The Morgan fingerprint density at radius 3 is 1.85 bits per heavy atom. The van der Waals surface area contributed by atoms with Crippen LogP contribution in [0.5, 0.6) is 5.75 Å². The maximum absolute atomic E-state index is 15.1. The van der Waals surface area contributed by atoms with E-state index in [2.05, 4.69) is 6.92 Å². The highest BCUT2D eigenvalue weighted by atomic mass is 19.2. The molecule has 6 heteroatoms. The second-order valence-corrected chi connectivity index (χ2v) is 9.09. The average Bonchev–Trinajstić information content (AvgIpc) is 2.85. The molecule has 1 aliphatic carbocycles. The summed E-state index contributed by atoms with van der Waals surface area (Å²) in [7, 11) is 1.69. The lowest BCUT2D eigenvalue weighted by atomic mass is 9.77. The van der Waals surface area contributed by atoms with Crippen LogP contribution in [0.3, 0.4) is 0 Å². The second-order valence-electron chi connectivity index (χ2n) is 9.09. The van der Waals surface area contributed by atoms with E-state index < -0.39 is 23.3 Å². The van der Waals surface area contributed by atoms with Gasteiger partial charge in [-0.15, -0.1) is 0 Å². The predicted molar refractivity (Wildman–Crippen MR) is 131 cm³/mol. The van der Waals surface area contributed by atoms with E-state index in [0.29, 0.717) is 22.6 Å². The van der Waals surface area contributed by atoms with Gasteiger partial charge in [0.25, 0.3) is 0 Å². The molecule has 0 radical (unpaired) electrons. The molecule has 0 spiro atoms. The molecule has 0 heterocycles. The summed E-state index contributed by atoms with van der Waals surface area (Å²) in [5, 5.41) is 0. The van der Waals surface area contributed by atoms with Gasteiger partial charge in [-0.05, 0) is 66.3 Å². The monoisotopic (exact) mass is 468 g/mol. The molecule has 0 saturated heterocycles. The fraction of sp³-hybridized carbons (Fsp3) is 0.357. The van der Waals surface area contributed by atoms with Gasteiger partial charge < -0.3 is 4.74 Å². The Morgan fingerprint density at radius 1 is 0.735 bits per heavy atom. The molecule has 1 aliphatic rings. The summed E-state index contributed by atoms with van der Waals surface area (Å²) in [4.78, 5) is 0. The van der Waals surface area contributed by atoms with Crippen molar-refractivity contribution in [1.82, 2.24) is 0 Å². The van der Waals surface area contributed by atoms with Crippen LogP contribution in [0.15, 0.2) is 48.5 Å². The van der Waals surface area contributed by atoms with Crippen LogP contribution < -0.4 is 4.74 Å². The lowest BCUT2D eigenvalue weighted by molar-refractivity contribution is 0.303. The zero-order chi connectivity index (χ0) is 24.2. The van der Waals surface area contributed by atoms with E-state index in [4.69, 9.17) is 4.74 Å². The molecule has 1 saturated carbocycles. The molecule has 0 unspecified atom stereocenters. The molecule has 1 fully saturated rings. The minimum absolute atomic E-state index is 0.0524. The number of ether oxygens (including phenoxy) is 1. The average molecular weight is 468 g/mol. The molecule has 0 amide bonds. The lowest BCUT2D eigenvalue weighted by Crippen LogP contribution is -2.14. The molecule has 0 aromatic heterocycles. The Morgan fingerprint density at radius 2 is 1.29 bits per heavy atom. The van der Waals surface area contributed by atoms with Crippen molar-refractivity contribution in [1.29, 1.82) is 0 Å². The maximum Gasteiger partial charge on any atom is 0.201 e. The van der Waals surface area contributed by atoms with Gasteiger partial charge in [0.1, 0.15) is 0 Å². The fourth-order valence-electron chi connectivity index (χ4n) is 5.12. The van der Waals surface area contributed by atoms with E-state index in [1.54, 1.807) is 44.2 Å². The molecule has 0 atom stereocenters. The molecular weight excluding hydrogens is 439 g/mol. The topological polar surface area (TPSA) is 9.23 Å². The highest BCUT2D eigenvalue weighted by Crippen LogP contribution is 2.40. The Kier molecular flexibility index (Phi) is 7.65. The van der Waals surface area contributed by atoms with Crippen molar-refractivity contribution < 1.29 is 22.3 Å². The molecule has 0 bridgehead atoms. The quantitative estimate of drug-likeness (QED) is 0.256. The summed E-state index contributed by atoms with van der Waals surface area (Å²) in [6, 6.07) is 12.5. The third-order valence-corrected chi connectivity index (χ3v) is 6.95. The Bertz CT molecular complexity index is 1140. The number of hydrogen-bond donors (Lipinski definition) is 0. The summed E-state index contributed by atoms with van der Waals surface area (Å²) in [5.41, 5.74) is 1.61. The lowest BCUT2D eigenvalue weighted by Gasteiger charge is -2.29. The van der Waals surface area contributed by atoms with Crippen molar-refractivity contribution in [3.63, 3.8) is 0 Å². The van der Waals surface area contributed by atoms with E-state index in [-0.39, 0.29) is 29.3 Å². The van der Waals surface area contributed by atoms with Gasteiger partial charge in [-0.25, -0.2) is 13.2 Å². The third-order valence-electron chi connectivity index (χ3n) is 6.95. The smallest absolute Gasteiger partial charge is 0.201 e. The van der Waals surface area contributed by atoms with Crippen molar-refractivity contribution in [2.75, 3.05) is 6.51 Å². The van der Waals surface area contributed by atoms with E-state index in [1.807, 2.05) is 0 Å². The molecule has 3 aromatic rings. The molecule has 34 heavy (non-hydrogen) atoms. The van der Waals surface area contributed by atoms with Crippen molar-refractivity contribution in [2.45, 2.75) is 51.4 Å². The van der Waals surface area contributed by atoms with Crippen LogP contribution >= 0.6 is 0 Å². The molecule has 3 aromatic carbocycles. The van der Waals surface area contributed by atoms with E-state index in [0.717, 1.165) is 32.1 Å². The van der Waals surface area contributed by atoms with Gasteiger partial charge in [0.2, 0.25) is 5.82 Å². The zero-order valence-corrected chi connectivity index (χ0v) is 19.6. The highest BCUT2D eigenvalue weighted by molar-refractivity contribution is 6.08. The van der Waals surface area contributed by atoms with E-state index >= 15 is 8.78 Å². The minimum atomic E-state index is -1.05. The van der Waals surface area contributed by atoms with Crippen LogP contribution in [0.4, 0.5) is 17.6 Å². The van der Waals surface area contributed by atoms with Crippen molar-refractivity contribution in [3.05, 3.63) is 77.4 Å². The first-order chi connectivity index (χ1) is 16.4. The Balaban J connectivity index is 1.56. The van der Waals surface area contributed by atoms with Crippen LogP contribution in [-0.4, -0.2) is 14.4 Å². The van der Waals surface area contributed by atoms with Gasteiger partial charge in [0, 0.05) is 11.1 Å². The van der Waals surface area contributed by atoms with Crippen LogP contribution in [-0.2, 0) is 0 Å². The first kappa shape index (κ1) is 24.4. The molecule has 4 rings (SSSR count). The normalized spacial score (nSPS) is 18.1. The van der Waals surface area contributed by atoms with Crippen LogP contribution in [0.2, 0.25) is 0 Å². The fourth-order valence-corrected chi connectivity index (χ4v) is 5.12. The van der Waals surface area contributed by atoms with Crippen LogP contribution in [0.25, 0.3) is 22.3 Å².